The van der Waals surface area contributed by atoms with Crippen LogP contribution < -0.4 is 4.74 Å². The van der Waals surface area contributed by atoms with Crippen molar-refractivity contribution < 1.29 is 14.2 Å². The molecule has 0 aliphatic carbocycles. The van der Waals surface area contributed by atoms with Crippen LogP contribution in [0.4, 0.5) is 4.39 Å². The zero-order valence-corrected chi connectivity index (χ0v) is 14.8. The van der Waals surface area contributed by atoms with Crippen molar-refractivity contribution in [3.05, 3.63) is 64.6 Å². The number of ether oxygens (including phenoxy) is 1. The molecule has 1 N–H and O–H groups in total. The van der Waals surface area contributed by atoms with Crippen LogP contribution >= 0.6 is 0 Å². The fourth-order valence-electron chi connectivity index (χ4n) is 2.87. The summed E-state index contributed by atoms with van der Waals surface area (Å²) in [6.07, 6.45) is 0. The third-order valence-electron chi connectivity index (χ3n) is 4.40. The summed E-state index contributed by atoms with van der Waals surface area (Å²) in [5.74, 6) is 0.623. The largest absolute Gasteiger partial charge is 0.508 e. The van der Waals surface area contributed by atoms with E-state index in [4.69, 9.17) is 4.74 Å². The number of halogens is 1. The van der Waals surface area contributed by atoms with E-state index in [9.17, 15) is 9.50 Å². The van der Waals surface area contributed by atoms with Gasteiger partial charge in [0.25, 0.3) is 0 Å². The summed E-state index contributed by atoms with van der Waals surface area (Å²) in [6.45, 7) is 5.88. The van der Waals surface area contributed by atoms with Gasteiger partial charge in [-0.25, -0.2) is 4.68 Å². The first-order chi connectivity index (χ1) is 11.9. The van der Waals surface area contributed by atoms with Gasteiger partial charge in [0, 0.05) is 23.7 Å². The molecule has 5 heteroatoms. The lowest BCUT2D eigenvalue weighted by Gasteiger charge is -2.13. The molecule has 0 fully saturated rings. The number of phenols is 1. The Morgan fingerprint density at radius 2 is 1.88 bits per heavy atom. The van der Waals surface area contributed by atoms with Crippen LogP contribution in [-0.4, -0.2) is 14.9 Å². The number of aromatic nitrogens is 2. The molecular weight excluding hydrogens is 319 g/mol. The number of rotatable bonds is 4. The minimum Gasteiger partial charge on any atom is -0.508 e. The van der Waals surface area contributed by atoms with E-state index in [1.807, 2.05) is 44.2 Å². The predicted molar refractivity (Wildman–Crippen MR) is 95.3 cm³/mol. The van der Waals surface area contributed by atoms with Crippen LogP contribution in [0.1, 0.15) is 22.3 Å². The van der Waals surface area contributed by atoms with Crippen molar-refractivity contribution in [2.45, 2.75) is 27.4 Å². The molecule has 0 bridgehead atoms. The standard InChI is InChI=1S/C20H21FN2O2/c1-12-6-5-7-17(24)16(12)11-25-18-9-8-15(10-13(18)2)19-14(3)20(21)23(4)22-19/h5-10,24H,11H2,1-4H3. The molecule has 25 heavy (non-hydrogen) atoms. The van der Waals surface area contributed by atoms with E-state index in [0.717, 1.165) is 28.0 Å². The Morgan fingerprint density at radius 3 is 2.48 bits per heavy atom. The molecule has 0 saturated carbocycles. The van der Waals surface area contributed by atoms with E-state index in [0.29, 0.717) is 11.3 Å². The Bertz CT molecular complexity index is 911. The van der Waals surface area contributed by atoms with Gasteiger partial charge in [0.2, 0.25) is 5.95 Å². The zero-order chi connectivity index (χ0) is 18.1. The Morgan fingerprint density at radius 1 is 1.12 bits per heavy atom. The molecule has 2 aromatic carbocycles. The lowest BCUT2D eigenvalue weighted by Crippen LogP contribution is -2.00. The Kier molecular flexibility index (Phi) is 4.49. The van der Waals surface area contributed by atoms with Gasteiger partial charge in [-0.05, 0) is 56.2 Å². The maximum Gasteiger partial charge on any atom is 0.214 e. The van der Waals surface area contributed by atoms with Gasteiger partial charge >= 0.3 is 0 Å². The van der Waals surface area contributed by atoms with Crippen LogP contribution in [0.5, 0.6) is 11.5 Å². The first kappa shape index (κ1) is 17.0. The molecule has 4 nitrogen and oxygen atoms in total. The summed E-state index contributed by atoms with van der Waals surface area (Å²) < 4.78 is 21.0. The SMILES string of the molecule is Cc1cc(-c2nn(C)c(F)c2C)ccc1OCc1c(C)cccc1O. The quantitative estimate of drug-likeness (QED) is 0.764. The van der Waals surface area contributed by atoms with Crippen molar-refractivity contribution in [1.82, 2.24) is 9.78 Å². The molecular formula is C20H21FN2O2. The average Bonchev–Trinajstić information content (AvgIpc) is 2.83. The second-order valence-corrected chi connectivity index (χ2v) is 6.23. The van der Waals surface area contributed by atoms with Crippen molar-refractivity contribution in [2.24, 2.45) is 7.05 Å². The van der Waals surface area contributed by atoms with Crippen molar-refractivity contribution in [1.29, 1.82) is 0 Å². The molecule has 130 valence electrons. The van der Waals surface area contributed by atoms with Gasteiger partial charge < -0.3 is 9.84 Å². The van der Waals surface area contributed by atoms with Crippen LogP contribution in [0.2, 0.25) is 0 Å². The summed E-state index contributed by atoms with van der Waals surface area (Å²) in [4.78, 5) is 0. The fraction of sp³-hybridized carbons (Fsp3) is 0.250. The molecule has 0 saturated heterocycles. The van der Waals surface area contributed by atoms with Crippen LogP contribution in [-0.2, 0) is 13.7 Å². The maximum absolute atomic E-state index is 13.9. The van der Waals surface area contributed by atoms with Crippen molar-refractivity contribution in [2.75, 3.05) is 0 Å². The van der Waals surface area contributed by atoms with Crippen LogP contribution in [0.25, 0.3) is 11.3 Å². The topological polar surface area (TPSA) is 47.3 Å². The first-order valence-electron chi connectivity index (χ1n) is 8.09. The van der Waals surface area contributed by atoms with E-state index in [-0.39, 0.29) is 18.3 Å². The van der Waals surface area contributed by atoms with Crippen LogP contribution in [0.3, 0.4) is 0 Å². The van der Waals surface area contributed by atoms with E-state index in [1.54, 1.807) is 20.0 Å². The molecule has 0 spiro atoms. The van der Waals surface area contributed by atoms with Gasteiger partial charge in [0.1, 0.15) is 18.1 Å². The molecule has 1 aromatic heterocycles. The van der Waals surface area contributed by atoms with Gasteiger partial charge in [-0.3, -0.25) is 0 Å². The number of nitrogens with zero attached hydrogens (tertiary/aromatic N) is 2. The molecule has 0 atom stereocenters. The highest BCUT2D eigenvalue weighted by atomic mass is 19.1. The molecule has 0 aliphatic heterocycles. The Hall–Kier alpha value is -2.82. The lowest BCUT2D eigenvalue weighted by molar-refractivity contribution is 0.296. The molecule has 0 unspecified atom stereocenters. The molecule has 3 aromatic rings. The smallest absolute Gasteiger partial charge is 0.214 e. The van der Waals surface area contributed by atoms with Gasteiger partial charge in [0.05, 0.1) is 5.69 Å². The average molecular weight is 340 g/mol. The van der Waals surface area contributed by atoms with Gasteiger partial charge in [-0.2, -0.15) is 9.49 Å². The number of phenolic OH excluding ortho intramolecular Hbond substituents is 1. The fourth-order valence-corrected chi connectivity index (χ4v) is 2.87. The number of hydrogen-bond acceptors (Lipinski definition) is 3. The van der Waals surface area contributed by atoms with E-state index < -0.39 is 0 Å². The van der Waals surface area contributed by atoms with E-state index in [1.165, 1.54) is 4.68 Å². The first-order valence-corrected chi connectivity index (χ1v) is 8.09. The highest BCUT2D eigenvalue weighted by Crippen LogP contribution is 2.30. The van der Waals surface area contributed by atoms with E-state index >= 15 is 0 Å². The maximum atomic E-state index is 13.9. The third-order valence-corrected chi connectivity index (χ3v) is 4.40. The van der Waals surface area contributed by atoms with Crippen molar-refractivity contribution in [3.8, 4) is 22.8 Å². The van der Waals surface area contributed by atoms with Gasteiger partial charge in [-0.15, -0.1) is 0 Å². The summed E-state index contributed by atoms with van der Waals surface area (Å²) >= 11 is 0. The number of aryl methyl sites for hydroxylation is 3. The van der Waals surface area contributed by atoms with Crippen molar-refractivity contribution in [3.63, 3.8) is 0 Å². The third kappa shape index (κ3) is 3.22. The highest BCUT2D eigenvalue weighted by molar-refractivity contribution is 5.65. The Labute approximate surface area is 146 Å². The number of aromatic hydroxyl groups is 1. The minimum atomic E-state index is -0.331. The monoisotopic (exact) mass is 340 g/mol. The molecule has 0 aliphatic rings. The minimum absolute atomic E-state index is 0.230. The van der Waals surface area contributed by atoms with Crippen LogP contribution in [0.15, 0.2) is 36.4 Å². The van der Waals surface area contributed by atoms with Crippen molar-refractivity contribution >= 4 is 0 Å². The lowest BCUT2D eigenvalue weighted by atomic mass is 10.1. The summed E-state index contributed by atoms with van der Waals surface area (Å²) in [7, 11) is 1.59. The summed E-state index contributed by atoms with van der Waals surface area (Å²) in [5, 5.41) is 14.2. The highest BCUT2D eigenvalue weighted by Gasteiger charge is 2.15. The van der Waals surface area contributed by atoms with Gasteiger partial charge in [0.15, 0.2) is 0 Å². The summed E-state index contributed by atoms with van der Waals surface area (Å²) in [6, 6.07) is 11.1. The predicted octanol–water partition coefficient (Wildman–Crippen LogP) is 4.44. The molecule has 0 radical (unpaired) electrons. The second-order valence-electron chi connectivity index (χ2n) is 6.23. The zero-order valence-electron chi connectivity index (χ0n) is 14.8. The number of benzene rings is 2. The summed E-state index contributed by atoms with van der Waals surface area (Å²) in [5.41, 5.74) is 4.69. The van der Waals surface area contributed by atoms with Crippen LogP contribution in [0, 0.1) is 26.7 Å². The molecule has 0 amide bonds. The molecule has 3 rings (SSSR count). The molecule has 1 heterocycles. The van der Waals surface area contributed by atoms with E-state index in [2.05, 4.69) is 5.10 Å². The number of hydrogen-bond donors (Lipinski definition) is 1. The Balaban J connectivity index is 1.84. The van der Waals surface area contributed by atoms with Gasteiger partial charge in [-0.1, -0.05) is 12.1 Å². The normalized spacial score (nSPS) is 10.9. The second kappa shape index (κ2) is 6.59.